The first-order chi connectivity index (χ1) is 10.7. The van der Waals surface area contributed by atoms with Crippen LogP contribution < -0.4 is 9.47 Å². The molecule has 0 fully saturated rings. The van der Waals surface area contributed by atoms with Gasteiger partial charge in [0.15, 0.2) is 0 Å². The molecule has 0 spiro atoms. The number of hydrogen-bond donors (Lipinski definition) is 1. The SMILES string of the molecule is COc1cccc(CN(C)CC(O)COc2ccccc2)c1. The number of likely N-dealkylation sites (N-methyl/N-ethyl adjacent to an activating group) is 1. The minimum atomic E-state index is -0.532. The second-order valence-electron chi connectivity index (χ2n) is 5.33. The van der Waals surface area contributed by atoms with Crippen molar-refractivity contribution < 1.29 is 14.6 Å². The average molecular weight is 301 g/mol. The minimum absolute atomic E-state index is 0.284. The fraction of sp³-hybridized carbons (Fsp3) is 0.333. The van der Waals surface area contributed by atoms with Crippen LogP contribution in [0.1, 0.15) is 5.56 Å². The quantitative estimate of drug-likeness (QED) is 0.814. The zero-order valence-corrected chi connectivity index (χ0v) is 13.1. The number of ether oxygens (including phenoxy) is 2. The number of aliphatic hydroxyl groups is 1. The number of aliphatic hydroxyl groups excluding tert-OH is 1. The second kappa shape index (κ2) is 8.41. The molecule has 1 atom stereocenters. The first kappa shape index (κ1) is 16.3. The molecule has 2 aromatic carbocycles. The van der Waals surface area contributed by atoms with E-state index in [0.717, 1.165) is 23.6 Å². The Balaban J connectivity index is 1.77. The molecule has 4 nitrogen and oxygen atoms in total. The summed E-state index contributed by atoms with van der Waals surface area (Å²) in [6.07, 6.45) is -0.532. The molecule has 0 bridgehead atoms. The van der Waals surface area contributed by atoms with E-state index in [0.29, 0.717) is 6.54 Å². The summed E-state index contributed by atoms with van der Waals surface area (Å²) in [4.78, 5) is 2.06. The number of methoxy groups -OCH3 is 1. The highest BCUT2D eigenvalue weighted by molar-refractivity contribution is 5.28. The zero-order chi connectivity index (χ0) is 15.8. The molecule has 0 saturated carbocycles. The van der Waals surface area contributed by atoms with Crippen molar-refractivity contribution in [2.45, 2.75) is 12.6 Å². The fourth-order valence-electron chi connectivity index (χ4n) is 2.27. The molecule has 0 aliphatic rings. The summed E-state index contributed by atoms with van der Waals surface area (Å²) in [6, 6.07) is 17.5. The monoisotopic (exact) mass is 301 g/mol. The Kier molecular flexibility index (Phi) is 6.25. The second-order valence-corrected chi connectivity index (χ2v) is 5.33. The van der Waals surface area contributed by atoms with Crippen LogP contribution >= 0.6 is 0 Å². The molecule has 4 heteroatoms. The maximum atomic E-state index is 10.1. The van der Waals surface area contributed by atoms with E-state index >= 15 is 0 Å². The van der Waals surface area contributed by atoms with Crippen LogP contribution in [-0.2, 0) is 6.54 Å². The normalized spacial score (nSPS) is 12.2. The summed E-state index contributed by atoms with van der Waals surface area (Å²) in [5, 5.41) is 10.1. The first-order valence-electron chi connectivity index (χ1n) is 7.35. The zero-order valence-electron chi connectivity index (χ0n) is 13.1. The molecule has 2 aromatic rings. The minimum Gasteiger partial charge on any atom is -0.497 e. The molecular formula is C18H23NO3. The van der Waals surface area contributed by atoms with Crippen LogP contribution in [0.4, 0.5) is 0 Å². The van der Waals surface area contributed by atoms with Crippen molar-refractivity contribution in [2.75, 3.05) is 27.3 Å². The van der Waals surface area contributed by atoms with Gasteiger partial charge in [0.05, 0.1) is 7.11 Å². The van der Waals surface area contributed by atoms with Gasteiger partial charge in [0, 0.05) is 13.1 Å². The van der Waals surface area contributed by atoms with Crippen LogP contribution in [0.3, 0.4) is 0 Å². The topological polar surface area (TPSA) is 41.9 Å². The summed E-state index contributed by atoms with van der Waals surface area (Å²) < 4.78 is 10.8. The van der Waals surface area contributed by atoms with E-state index < -0.39 is 6.10 Å². The van der Waals surface area contributed by atoms with Gasteiger partial charge in [0.2, 0.25) is 0 Å². The summed E-state index contributed by atoms with van der Waals surface area (Å²) in [7, 11) is 3.64. The molecule has 0 heterocycles. The van der Waals surface area contributed by atoms with Crippen molar-refractivity contribution in [3.63, 3.8) is 0 Å². The Hall–Kier alpha value is -2.04. The maximum Gasteiger partial charge on any atom is 0.119 e. The number of nitrogens with zero attached hydrogens (tertiary/aromatic N) is 1. The molecule has 22 heavy (non-hydrogen) atoms. The van der Waals surface area contributed by atoms with Crippen LogP contribution in [0.25, 0.3) is 0 Å². The third kappa shape index (κ3) is 5.39. The summed E-state index contributed by atoms with van der Waals surface area (Å²) >= 11 is 0. The lowest BCUT2D eigenvalue weighted by atomic mass is 10.2. The van der Waals surface area contributed by atoms with Crippen molar-refractivity contribution in [1.29, 1.82) is 0 Å². The maximum absolute atomic E-state index is 10.1. The lowest BCUT2D eigenvalue weighted by Gasteiger charge is -2.21. The summed E-state index contributed by atoms with van der Waals surface area (Å²) in [6.45, 7) is 1.58. The van der Waals surface area contributed by atoms with Crippen molar-refractivity contribution in [1.82, 2.24) is 4.90 Å². The number of hydrogen-bond acceptors (Lipinski definition) is 4. The number of benzene rings is 2. The summed E-state index contributed by atoms with van der Waals surface area (Å²) in [5.74, 6) is 1.62. The van der Waals surface area contributed by atoms with Gasteiger partial charge in [-0.1, -0.05) is 30.3 Å². The standard InChI is InChI=1S/C18H23NO3/c1-19(12-15-7-6-10-18(11-15)21-2)13-16(20)14-22-17-8-4-3-5-9-17/h3-11,16,20H,12-14H2,1-2H3. The number of para-hydroxylation sites is 1. The Morgan fingerprint density at radius 1 is 1.05 bits per heavy atom. The molecule has 0 radical (unpaired) electrons. The Morgan fingerprint density at radius 3 is 2.50 bits per heavy atom. The van der Waals surface area contributed by atoms with Crippen molar-refractivity contribution in [3.8, 4) is 11.5 Å². The van der Waals surface area contributed by atoms with Crippen LogP contribution in [-0.4, -0.2) is 43.4 Å². The highest BCUT2D eigenvalue weighted by Crippen LogP contribution is 2.14. The first-order valence-corrected chi connectivity index (χ1v) is 7.35. The molecule has 1 N–H and O–H groups in total. The third-order valence-corrected chi connectivity index (χ3v) is 3.29. The van der Waals surface area contributed by atoms with Gasteiger partial charge in [-0.25, -0.2) is 0 Å². The van der Waals surface area contributed by atoms with E-state index in [2.05, 4.69) is 4.90 Å². The summed E-state index contributed by atoms with van der Waals surface area (Å²) in [5.41, 5.74) is 1.15. The lowest BCUT2D eigenvalue weighted by Crippen LogP contribution is -2.32. The van der Waals surface area contributed by atoms with E-state index in [1.165, 1.54) is 0 Å². The predicted molar refractivity (Wildman–Crippen MR) is 87.3 cm³/mol. The molecule has 0 aliphatic carbocycles. The van der Waals surface area contributed by atoms with Crippen LogP contribution in [0, 0.1) is 0 Å². The van der Waals surface area contributed by atoms with E-state index in [4.69, 9.17) is 9.47 Å². The Bertz CT molecular complexity index is 559. The molecule has 0 aromatic heterocycles. The molecule has 0 saturated heterocycles. The van der Waals surface area contributed by atoms with Gasteiger partial charge < -0.3 is 14.6 Å². The third-order valence-electron chi connectivity index (χ3n) is 3.29. The van der Waals surface area contributed by atoms with Crippen molar-refractivity contribution in [3.05, 3.63) is 60.2 Å². The average Bonchev–Trinajstić information content (AvgIpc) is 2.54. The van der Waals surface area contributed by atoms with Gasteiger partial charge in [-0.3, -0.25) is 4.90 Å². The molecule has 0 aliphatic heterocycles. The molecule has 118 valence electrons. The van der Waals surface area contributed by atoms with Crippen LogP contribution in [0.2, 0.25) is 0 Å². The Labute approximate surface area is 131 Å². The van der Waals surface area contributed by atoms with E-state index in [-0.39, 0.29) is 6.61 Å². The highest BCUT2D eigenvalue weighted by atomic mass is 16.5. The van der Waals surface area contributed by atoms with Crippen LogP contribution in [0.5, 0.6) is 11.5 Å². The van der Waals surface area contributed by atoms with Gasteiger partial charge in [-0.15, -0.1) is 0 Å². The highest BCUT2D eigenvalue weighted by Gasteiger charge is 2.10. The smallest absolute Gasteiger partial charge is 0.119 e. The van der Waals surface area contributed by atoms with E-state index in [1.807, 2.05) is 61.6 Å². The molecular weight excluding hydrogens is 278 g/mol. The van der Waals surface area contributed by atoms with Gasteiger partial charge in [0.25, 0.3) is 0 Å². The van der Waals surface area contributed by atoms with E-state index in [9.17, 15) is 5.11 Å². The fourth-order valence-corrected chi connectivity index (χ4v) is 2.27. The van der Waals surface area contributed by atoms with Crippen molar-refractivity contribution >= 4 is 0 Å². The predicted octanol–water partition coefficient (Wildman–Crippen LogP) is 2.57. The van der Waals surface area contributed by atoms with Gasteiger partial charge in [0.1, 0.15) is 24.2 Å². The van der Waals surface area contributed by atoms with Gasteiger partial charge in [-0.2, -0.15) is 0 Å². The Morgan fingerprint density at radius 2 is 1.77 bits per heavy atom. The molecule has 1 unspecified atom stereocenters. The van der Waals surface area contributed by atoms with E-state index in [1.54, 1.807) is 7.11 Å². The van der Waals surface area contributed by atoms with Gasteiger partial charge in [-0.05, 0) is 36.9 Å². The van der Waals surface area contributed by atoms with Gasteiger partial charge >= 0.3 is 0 Å². The van der Waals surface area contributed by atoms with Crippen molar-refractivity contribution in [2.24, 2.45) is 0 Å². The number of rotatable bonds is 8. The van der Waals surface area contributed by atoms with Crippen LogP contribution in [0.15, 0.2) is 54.6 Å². The molecule has 0 amide bonds. The molecule has 2 rings (SSSR count). The largest absolute Gasteiger partial charge is 0.497 e. The lowest BCUT2D eigenvalue weighted by molar-refractivity contribution is 0.0744.